The smallest absolute Gasteiger partial charge is 0.407 e. The molecule has 208 valence electrons. The first-order valence-corrected chi connectivity index (χ1v) is 13.3. The summed E-state index contributed by atoms with van der Waals surface area (Å²) in [5.74, 6) is -1.45. The summed E-state index contributed by atoms with van der Waals surface area (Å²) < 4.78 is 32.3. The van der Waals surface area contributed by atoms with E-state index in [-0.39, 0.29) is 28.9 Å². The van der Waals surface area contributed by atoms with Crippen molar-refractivity contribution in [3.8, 4) is 0 Å². The first-order valence-electron chi connectivity index (χ1n) is 13.3. The molecule has 2 aromatic carbocycles. The van der Waals surface area contributed by atoms with Crippen LogP contribution in [0.25, 0.3) is 0 Å². The van der Waals surface area contributed by atoms with Gasteiger partial charge in [0.15, 0.2) is 0 Å². The number of carbonyl (C=O) groups is 2. The highest BCUT2D eigenvalue weighted by molar-refractivity contribution is 5.73. The summed E-state index contributed by atoms with van der Waals surface area (Å²) in [5.41, 5.74) is 2.64. The summed E-state index contributed by atoms with van der Waals surface area (Å²) >= 11 is 0. The van der Waals surface area contributed by atoms with Crippen molar-refractivity contribution in [2.24, 2.45) is 0 Å². The van der Waals surface area contributed by atoms with Crippen LogP contribution < -0.4 is 16.0 Å². The van der Waals surface area contributed by atoms with Crippen LogP contribution in [0.4, 0.5) is 13.6 Å². The highest BCUT2D eigenvalue weighted by Crippen LogP contribution is 2.39. The zero-order valence-corrected chi connectivity index (χ0v) is 23.1. The second-order valence-electron chi connectivity index (χ2n) is 11.4. The minimum absolute atomic E-state index is 0.00240. The van der Waals surface area contributed by atoms with Crippen molar-refractivity contribution in [3.63, 3.8) is 0 Å². The molecule has 0 saturated heterocycles. The van der Waals surface area contributed by atoms with E-state index in [4.69, 9.17) is 4.74 Å². The van der Waals surface area contributed by atoms with Crippen LogP contribution in [-0.2, 0) is 26.9 Å². The number of rotatable bonds is 9. The molecule has 0 radical (unpaired) electrons. The number of nitrogens with one attached hydrogen (secondary N) is 3. The Morgan fingerprint density at radius 3 is 2.32 bits per heavy atom. The van der Waals surface area contributed by atoms with E-state index in [2.05, 4.69) is 61.0 Å². The van der Waals surface area contributed by atoms with Crippen molar-refractivity contribution < 1.29 is 23.1 Å². The van der Waals surface area contributed by atoms with Crippen LogP contribution in [0, 0.1) is 11.6 Å². The lowest BCUT2D eigenvalue weighted by atomic mass is 9.73. The Labute approximate surface area is 224 Å². The molecule has 1 aliphatic rings. The number of ether oxygens (including phenoxy) is 1. The van der Waals surface area contributed by atoms with E-state index in [1.54, 1.807) is 0 Å². The zero-order chi connectivity index (χ0) is 27.9. The third kappa shape index (κ3) is 8.25. The van der Waals surface area contributed by atoms with E-state index in [0.29, 0.717) is 24.9 Å². The first-order chi connectivity index (χ1) is 17.9. The summed E-state index contributed by atoms with van der Waals surface area (Å²) in [6.07, 6.45) is 3.70. The van der Waals surface area contributed by atoms with Crippen molar-refractivity contribution in [2.45, 2.75) is 89.3 Å². The monoisotopic (exact) mass is 529 g/mol. The van der Waals surface area contributed by atoms with Crippen LogP contribution in [0.15, 0.2) is 42.5 Å². The second-order valence-corrected chi connectivity index (χ2v) is 11.4. The maximum Gasteiger partial charge on any atom is 0.407 e. The number of methoxy groups -OCH3 is 1. The van der Waals surface area contributed by atoms with Gasteiger partial charge >= 0.3 is 6.09 Å². The van der Waals surface area contributed by atoms with Gasteiger partial charge in [-0.05, 0) is 79.3 Å². The van der Waals surface area contributed by atoms with Crippen LogP contribution >= 0.6 is 0 Å². The normalized spacial score (nSPS) is 20.4. The van der Waals surface area contributed by atoms with E-state index in [1.807, 2.05) is 0 Å². The minimum atomic E-state index is -0.630. The zero-order valence-electron chi connectivity index (χ0n) is 23.1. The molecule has 3 N–H and O–H groups in total. The maximum absolute atomic E-state index is 13.8. The van der Waals surface area contributed by atoms with Gasteiger partial charge in [0.1, 0.15) is 11.6 Å². The molecule has 1 aliphatic carbocycles. The molecule has 0 unspecified atom stereocenters. The number of hydrogen-bond acceptors (Lipinski definition) is 4. The average Bonchev–Trinajstić information content (AvgIpc) is 2.83. The summed E-state index contributed by atoms with van der Waals surface area (Å²) in [7, 11) is 1.37. The van der Waals surface area contributed by atoms with Crippen molar-refractivity contribution in [2.75, 3.05) is 13.7 Å². The predicted molar refractivity (Wildman–Crippen MR) is 145 cm³/mol. The number of amides is 2. The highest BCUT2D eigenvalue weighted by atomic mass is 19.1. The molecule has 1 fully saturated rings. The maximum atomic E-state index is 13.8. The Kier molecular flexibility index (Phi) is 9.88. The van der Waals surface area contributed by atoms with Crippen molar-refractivity contribution in [1.29, 1.82) is 0 Å². The molecule has 0 spiro atoms. The molecule has 0 aromatic heterocycles. The van der Waals surface area contributed by atoms with E-state index < -0.39 is 17.7 Å². The van der Waals surface area contributed by atoms with E-state index >= 15 is 0 Å². The Bertz CT molecular complexity index is 1090. The summed E-state index contributed by atoms with van der Waals surface area (Å²) in [4.78, 5) is 23.6. The van der Waals surface area contributed by atoms with E-state index in [9.17, 15) is 18.4 Å². The Balaban J connectivity index is 1.78. The van der Waals surface area contributed by atoms with E-state index in [1.165, 1.54) is 37.3 Å². The number of hydrogen-bond donors (Lipinski definition) is 3. The fraction of sp³-hybridized carbons (Fsp3) is 0.533. The molecule has 0 aliphatic heterocycles. The molecule has 1 saturated carbocycles. The lowest BCUT2D eigenvalue weighted by Gasteiger charge is -2.42. The summed E-state index contributed by atoms with van der Waals surface area (Å²) in [6.45, 7) is 8.61. The molecule has 0 heterocycles. The van der Waals surface area contributed by atoms with Gasteiger partial charge in [-0.2, -0.15) is 0 Å². The highest BCUT2D eigenvalue weighted by Gasteiger charge is 2.37. The summed E-state index contributed by atoms with van der Waals surface area (Å²) in [5, 5.41) is 9.65. The SMILES string of the molecule is COC(=O)NC1CCC(NCC[C@H](Cc2cc(F)cc(F)c2)NC(C)=O)(c2cccc(C(C)(C)C)c2)CC1. The molecule has 0 bridgehead atoms. The molecule has 2 aromatic rings. The van der Waals surface area contributed by atoms with Gasteiger partial charge in [-0.3, -0.25) is 4.79 Å². The summed E-state index contributed by atoms with van der Waals surface area (Å²) in [6, 6.07) is 11.9. The topological polar surface area (TPSA) is 79.5 Å². The van der Waals surface area contributed by atoms with Gasteiger partial charge in [0, 0.05) is 30.6 Å². The Morgan fingerprint density at radius 2 is 1.74 bits per heavy atom. The number of benzene rings is 2. The fourth-order valence-electron chi connectivity index (χ4n) is 5.34. The van der Waals surface area contributed by atoms with Gasteiger partial charge < -0.3 is 20.7 Å². The van der Waals surface area contributed by atoms with Crippen LogP contribution in [0.1, 0.15) is 76.5 Å². The van der Waals surface area contributed by atoms with Gasteiger partial charge in [0.2, 0.25) is 5.91 Å². The van der Waals surface area contributed by atoms with Crippen LogP contribution in [0.5, 0.6) is 0 Å². The molecule has 38 heavy (non-hydrogen) atoms. The van der Waals surface area contributed by atoms with Crippen LogP contribution in [0.2, 0.25) is 0 Å². The lowest BCUT2D eigenvalue weighted by Crippen LogP contribution is -2.50. The van der Waals surface area contributed by atoms with Gasteiger partial charge in [0.05, 0.1) is 7.11 Å². The van der Waals surface area contributed by atoms with Gasteiger partial charge in [-0.1, -0.05) is 45.0 Å². The quantitative estimate of drug-likeness (QED) is 0.402. The largest absolute Gasteiger partial charge is 0.453 e. The third-order valence-corrected chi connectivity index (χ3v) is 7.40. The number of halogens is 2. The van der Waals surface area contributed by atoms with Crippen molar-refractivity contribution in [1.82, 2.24) is 16.0 Å². The molecular weight excluding hydrogens is 488 g/mol. The van der Waals surface area contributed by atoms with Gasteiger partial charge in [-0.25, -0.2) is 13.6 Å². The van der Waals surface area contributed by atoms with Gasteiger partial charge in [0.25, 0.3) is 0 Å². The lowest BCUT2D eigenvalue weighted by molar-refractivity contribution is -0.119. The van der Waals surface area contributed by atoms with Crippen LogP contribution in [-0.4, -0.2) is 37.7 Å². The van der Waals surface area contributed by atoms with E-state index in [0.717, 1.165) is 31.7 Å². The van der Waals surface area contributed by atoms with Crippen LogP contribution in [0.3, 0.4) is 0 Å². The van der Waals surface area contributed by atoms with Crippen molar-refractivity contribution >= 4 is 12.0 Å². The minimum Gasteiger partial charge on any atom is -0.453 e. The molecule has 3 rings (SSSR count). The number of alkyl carbamates (subject to hydrolysis) is 1. The molecular formula is C30H41F2N3O3. The predicted octanol–water partition coefficient (Wildman–Crippen LogP) is 5.48. The Hall–Kier alpha value is -3.00. The molecule has 8 heteroatoms. The molecule has 1 atom stereocenters. The average molecular weight is 530 g/mol. The molecule has 6 nitrogen and oxygen atoms in total. The first kappa shape index (κ1) is 29.6. The molecule has 2 amide bonds. The Morgan fingerprint density at radius 1 is 1.08 bits per heavy atom. The number of carbonyl (C=O) groups excluding carboxylic acids is 2. The van der Waals surface area contributed by atoms with Gasteiger partial charge in [-0.15, -0.1) is 0 Å². The standard InChI is InChI=1S/C30H41F2N3O3/c1-20(36)34-27(17-21-15-24(31)19-25(32)16-21)11-14-33-30(12-9-26(10-13-30)35-28(37)38-5)23-8-6-7-22(18-23)29(2,3)4/h6-8,15-16,18-19,26-27,33H,9-14,17H2,1-5H3,(H,34,36)(H,35,37)/t26?,27-,30?/m1/s1. The second kappa shape index (κ2) is 12.7. The fourth-order valence-corrected chi connectivity index (χ4v) is 5.34. The third-order valence-electron chi connectivity index (χ3n) is 7.40. The van der Waals surface area contributed by atoms with Crippen molar-refractivity contribution in [3.05, 3.63) is 70.8 Å².